The molecule has 0 fully saturated rings. The fourth-order valence-electron chi connectivity index (χ4n) is 1.90. The Labute approximate surface area is 98.3 Å². The lowest BCUT2D eigenvalue weighted by molar-refractivity contribution is -0.144. The van der Waals surface area contributed by atoms with Crippen LogP contribution in [0.4, 0.5) is 0 Å². The van der Waals surface area contributed by atoms with Crippen molar-refractivity contribution >= 4 is 11.9 Å². The minimum Gasteiger partial charge on any atom is -0.480 e. The molecule has 4 N–H and O–H groups in total. The van der Waals surface area contributed by atoms with E-state index in [0.29, 0.717) is 0 Å². The number of β-amino-alcohol motifs (C(OH)–C–C–N with tert-alkyl or cyclic N) is 1. The number of hydrogen-bond donors (Lipinski definition) is 4. The lowest BCUT2D eigenvalue weighted by Gasteiger charge is -2.35. The summed E-state index contributed by atoms with van der Waals surface area (Å²) in [4.78, 5) is 22.3. The zero-order chi connectivity index (χ0) is 13.1. The Kier molecular flexibility index (Phi) is 4.03. The highest BCUT2D eigenvalue weighted by Gasteiger charge is 2.45. The van der Waals surface area contributed by atoms with Crippen LogP contribution in [0.1, 0.15) is 6.92 Å². The summed E-state index contributed by atoms with van der Waals surface area (Å²) in [7, 11) is 0. The number of allylic oxidation sites excluding steroid dienone is 2. The second-order valence-corrected chi connectivity index (χ2v) is 3.83. The van der Waals surface area contributed by atoms with Crippen molar-refractivity contribution in [3.8, 4) is 0 Å². The van der Waals surface area contributed by atoms with E-state index in [1.807, 2.05) is 0 Å². The summed E-state index contributed by atoms with van der Waals surface area (Å²) < 4.78 is 0. The summed E-state index contributed by atoms with van der Waals surface area (Å²) >= 11 is 0. The van der Waals surface area contributed by atoms with Crippen LogP contribution in [0.25, 0.3) is 0 Å². The number of carbonyl (C=O) groups is 2. The van der Waals surface area contributed by atoms with Crippen LogP contribution in [0, 0.1) is 5.92 Å². The van der Waals surface area contributed by atoms with Crippen molar-refractivity contribution in [3.63, 3.8) is 0 Å². The lowest BCUT2D eigenvalue weighted by atomic mass is 9.76. The molecule has 17 heavy (non-hydrogen) atoms. The van der Waals surface area contributed by atoms with E-state index < -0.39 is 23.4 Å². The highest BCUT2D eigenvalue weighted by atomic mass is 16.4. The Morgan fingerprint density at radius 3 is 2.59 bits per heavy atom. The summed E-state index contributed by atoms with van der Waals surface area (Å²) in [6.45, 7) is 1.39. The predicted molar refractivity (Wildman–Crippen MR) is 59.5 cm³/mol. The topological polar surface area (TPSA) is 107 Å². The maximum atomic E-state index is 11.3. The highest BCUT2D eigenvalue weighted by molar-refractivity contribution is 5.92. The van der Waals surface area contributed by atoms with Gasteiger partial charge in [0.15, 0.2) is 0 Å². The summed E-state index contributed by atoms with van der Waals surface area (Å²) in [5.74, 6) is -3.03. The van der Waals surface area contributed by atoms with Gasteiger partial charge in [0.2, 0.25) is 0 Å². The van der Waals surface area contributed by atoms with Gasteiger partial charge in [-0.05, 0) is 0 Å². The van der Waals surface area contributed by atoms with Crippen molar-refractivity contribution in [2.45, 2.75) is 12.5 Å². The van der Waals surface area contributed by atoms with Gasteiger partial charge < -0.3 is 15.3 Å². The van der Waals surface area contributed by atoms with Crippen molar-refractivity contribution in [2.75, 3.05) is 13.2 Å². The highest BCUT2D eigenvalue weighted by Crippen LogP contribution is 2.30. The third kappa shape index (κ3) is 2.37. The van der Waals surface area contributed by atoms with Crippen LogP contribution < -0.4 is 5.32 Å². The number of aliphatic hydroxyl groups excluding tert-OH is 1. The zero-order valence-electron chi connectivity index (χ0n) is 9.38. The summed E-state index contributed by atoms with van der Waals surface area (Å²) in [5, 5.41) is 29.7. The van der Waals surface area contributed by atoms with Gasteiger partial charge in [-0.3, -0.25) is 5.32 Å². The first-order valence-corrected chi connectivity index (χ1v) is 5.17. The van der Waals surface area contributed by atoms with E-state index >= 15 is 0 Å². The molecule has 0 heterocycles. The van der Waals surface area contributed by atoms with Gasteiger partial charge in [0.1, 0.15) is 5.54 Å². The molecule has 0 aromatic heterocycles. The van der Waals surface area contributed by atoms with Crippen molar-refractivity contribution in [1.29, 1.82) is 0 Å². The molecule has 0 spiro atoms. The molecule has 0 saturated heterocycles. The van der Waals surface area contributed by atoms with Gasteiger partial charge in [-0.25, -0.2) is 9.59 Å². The van der Waals surface area contributed by atoms with Crippen molar-refractivity contribution in [2.24, 2.45) is 5.92 Å². The quantitative estimate of drug-likeness (QED) is 0.522. The van der Waals surface area contributed by atoms with E-state index in [2.05, 4.69) is 5.32 Å². The first kappa shape index (κ1) is 13.4. The Morgan fingerprint density at radius 2 is 2.12 bits per heavy atom. The van der Waals surface area contributed by atoms with Crippen LogP contribution in [-0.2, 0) is 9.59 Å². The van der Waals surface area contributed by atoms with Crippen LogP contribution in [0.5, 0.6) is 0 Å². The molecule has 1 aliphatic rings. The average Bonchev–Trinajstić information content (AvgIpc) is 2.27. The molecule has 0 aliphatic heterocycles. The normalized spacial score (nSPS) is 27.6. The number of carboxylic acids is 2. The van der Waals surface area contributed by atoms with Crippen LogP contribution in [0.3, 0.4) is 0 Å². The molecule has 0 saturated carbocycles. The van der Waals surface area contributed by atoms with Gasteiger partial charge in [-0.1, -0.05) is 25.2 Å². The minimum atomic E-state index is -1.48. The lowest BCUT2D eigenvalue weighted by Crippen LogP contribution is -2.57. The molecule has 1 aliphatic carbocycles. The van der Waals surface area contributed by atoms with Gasteiger partial charge >= 0.3 is 11.9 Å². The first-order valence-electron chi connectivity index (χ1n) is 5.17. The van der Waals surface area contributed by atoms with Crippen molar-refractivity contribution in [1.82, 2.24) is 5.32 Å². The van der Waals surface area contributed by atoms with Crippen molar-refractivity contribution < 1.29 is 24.9 Å². The Hall–Kier alpha value is -1.66. The van der Waals surface area contributed by atoms with E-state index in [1.54, 1.807) is 0 Å². The monoisotopic (exact) mass is 241 g/mol. The molecule has 0 bridgehead atoms. The number of aliphatic hydroxyl groups is 1. The van der Waals surface area contributed by atoms with Gasteiger partial charge in [0, 0.05) is 18.0 Å². The molecule has 0 amide bonds. The van der Waals surface area contributed by atoms with Crippen LogP contribution in [0.15, 0.2) is 23.8 Å². The molecule has 6 nitrogen and oxygen atoms in total. The molecular weight excluding hydrogens is 226 g/mol. The molecule has 2 unspecified atom stereocenters. The van der Waals surface area contributed by atoms with E-state index in [1.165, 1.54) is 25.2 Å². The summed E-state index contributed by atoms with van der Waals surface area (Å²) in [6.07, 6.45) is 4.19. The third-order valence-corrected chi connectivity index (χ3v) is 2.91. The number of rotatable bonds is 5. The maximum absolute atomic E-state index is 11.3. The number of carboxylic acid groups (broad SMARTS) is 2. The second kappa shape index (κ2) is 5.11. The van der Waals surface area contributed by atoms with Gasteiger partial charge in [-0.2, -0.15) is 0 Å². The maximum Gasteiger partial charge on any atom is 0.331 e. The Balaban J connectivity index is 3.09. The van der Waals surface area contributed by atoms with E-state index in [-0.39, 0.29) is 18.7 Å². The average molecular weight is 241 g/mol. The Morgan fingerprint density at radius 1 is 1.47 bits per heavy atom. The number of aliphatic carboxylic acids is 2. The molecular formula is C11H15NO5. The molecule has 0 radical (unpaired) electrons. The third-order valence-electron chi connectivity index (χ3n) is 2.91. The molecule has 1 rings (SSSR count). The molecule has 94 valence electrons. The Bertz CT molecular complexity index is 387. The fourth-order valence-corrected chi connectivity index (χ4v) is 1.90. The van der Waals surface area contributed by atoms with Gasteiger partial charge in [0.25, 0.3) is 0 Å². The molecule has 2 atom stereocenters. The van der Waals surface area contributed by atoms with Crippen LogP contribution >= 0.6 is 0 Å². The molecule has 0 aromatic rings. The van der Waals surface area contributed by atoms with E-state index in [9.17, 15) is 14.7 Å². The summed E-state index contributed by atoms with van der Waals surface area (Å²) in [5.41, 5.74) is -1.45. The molecule has 6 heteroatoms. The smallest absolute Gasteiger partial charge is 0.331 e. The standard InChI is InChI=1S/C11H15NO5/c1-7-8(9(14)15)3-2-4-11(7,10(16)17)12-5-6-13/h2-4,7,12-13H,5-6H2,1H3,(H,14,15)(H,16,17). The zero-order valence-corrected chi connectivity index (χ0v) is 9.38. The van der Waals surface area contributed by atoms with Gasteiger partial charge in [0.05, 0.1) is 6.61 Å². The van der Waals surface area contributed by atoms with Crippen molar-refractivity contribution in [3.05, 3.63) is 23.8 Å². The number of hydrogen-bond acceptors (Lipinski definition) is 4. The largest absolute Gasteiger partial charge is 0.480 e. The van der Waals surface area contributed by atoms with Crippen LogP contribution in [0.2, 0.25) is 0 Å². The van der Waals surface area contributed by atoms with Gasteiger partial charge in [-0.15, -0.1) is 0 Å². The summed E-state index contributed by atoms with van der Waals surface area (Å²) in [6, 6.07) is 0. The van der Waals surface area contributed by atoms with E-state index in [0.717, 1.165) is 0 Å². The fraction of sp³-hybridized carbons (Fsp3) is 0.455. The SMILES string of the molecule is CC1C(C(=O)O)=CC=CC1(NCCO)C(=O)O. The molecule has 0 aromatic carbocycles. The van der Waals surface area contributed by atoms with E-state index in [4.69, 9.17) is 10.2 Å². The second-order valence-electron chi connectivity index (χ2n) is 3.83. The predicted octanol–water partition coefficient (Wildman–Crippen LogP) is -0.391. The number of nitrogens with one attached hydrogen (secondary N) is 1. The van der Waals surface area contributed by atoms with Crippen LogP contribution in [-0.4, -0.2) is 45.9 Å². The minimum absolute atomic E-state index is 0.0281. The first-order chi connectivity index (χ1) is 7.95.